The molecule has 2 atom stereocenters. The Morgan fingerprint density at radius 2 is 1.88 bits per heavy atom. The van der Waals surface area contributed by atoms with Crippen molar-refractivity contribution < 1.29 is 14.3 Å². The van der Waals surface area contributed by atoms with Gasteiger partial charge in [0.1, 0.15) is 10.5 Å². The van der Waals surface area contributed by atoms with Gasteiger partial charge in [-0.15, -0.1) is 11.8 Å². The number of hydrogen-bond acceptors (Lipinski definition) is 4. The zero-order valence-electron chi connectivity index (χ0n) is 10.7. The van der Waals surface area contributed by atoms with E-state index in [0.29, 0.717) is 5.57 Å². The van der Waals surface area contributed by atoms with Crippen LogP contribution in [0.5, 0.6) is 0 Å². The summed E-state index contributed by atoms with van der Waals surface area (Å²) < 4.78 is 5.34. The molecule has 1 N–H and O–H groups in total. The van der Waals surface area contributed by atoms with Gasteiger partial charge >= 0.3 is 5.97 Å². The average Bonchev–Trinajstić information content (AvgIpc) is 2.50. The fourth-order valence-corrected chi connectivity index (χ4v) is 3.65. The van der Waals surface area contributed by atoms with Crippen molar-refractivity contribution in [2.24, 2.45) is 0 Å². The van der Waals surface area contributed by atoms with Gasteiger partial charge in [0.2, 0.25) is 5.91 Å². The van der Waals surface area contributed by atoms with E-state index in [0.717, 1.165) is 5.57 Å². The second-order valence-corrected chi connectivity index (χ2v) is 6.94. The zero-order chi connectivity index (χ0) is 13.0. The number of ether oxygens (including phenoxy) is 1. The summed E-state index contributed by atoms with van der Waals surface area (Å²) in [5.74, 6) is -0.354. The van der Waals surface area contributed by atoms with Crippen molar-refractivity contribution in [3.63, 3.8) is 0 Å². The van der Waals surface area contributed by atoms with E-state index in [9.17, 15) is 9.59 Å². The van der Waals surface area contributed by atoms with E-state index in [2.05, 4.69) is 5.32 Å². The number of nitrogens with one attached hydrogen (secondary N) is 1. The van der Waals surface area contributed by atoms with Gasteiger partial charge < -0.3 is 10.1 Å². The normalized spacial score (nSPS) is 36.2. The smallest absolute Gasteiger partial charge is 0.338 e. The first-order valence-electron chi connectivity index (χ1n) is 5.62. The standard InChI is InChI=1S/C12H17NO3S/c1-6-8(10(15)16-11(6,3)4)12(5)13-9(14)7(2)17-12/h7H,1-5H3,(H,13,14). The highest BCUT2D eigenvalue weighted by Crippen LogP contribution is 2.45. The van der Waals surface area contributed by atoms with Crippen LogP contribution in [-0.4, -0.2) is 27.6 Å². The van der Waals surface area contributed by atoms with Crippen LogP contribution in [0, 0.1) is 0 Å². The second kappa shape index (κ2) is 3.51. The fraction of sp³-hybridized carbons (Fsp3) is 0.667. The lowest BCUT2D eigenvalue weighted by Gasteiger charge is -2.23. The van der Waals surface area contributed by atoms with Crippen LogP contribution < -0.4 is 5.32 Å². The fourth-order valence-electron chi connectivity index (χ4n) is 2.26. The highest BCUT2D eigenvalue weighted by atomic mass is 32.2. The Morgan fingerprint density at radius 1 is 1.29 bits per heavy atom. The molecule has 0 aromatic heterocycles. The Morgan fingerprint density at radius 3 is 2.24 bits per heavy atom. The molecule has 0 bridgehead atoms. The first-order valence-corrected chi connectivity index (χ1v) is 6.50. The molecule has 94 valence electrons. The van der Waals surface area contributed by atoms with Gasteiger partial charge in [0.25, 0.3) is 0 Å². The largest absolute Gasteiger partial charge is 0.452 e. The molecule has 0 spiro atoms. The van der Waals surface area contributed by atoms with Crippen LogP contribution >= 0.6 is 11.8 Å². The molecule has 2 heterocycles. The van der Waals surface area contributed by atoms with Crippen LogP contribution in [0.15, 0.2) is 11.1 Å². The van der Waals surface area contributed by atoms with E-state index in [-0.39, 0.29) is 17.1 Å². The molecule has 1 fully saturated rings. The van der Waals surface area contributed by atoms with Crippen molar-refractivity contribution in [2.45, 2.75) is 50.3 Å². The number of hydrogen-bond donors (Lipinski definition) is 1. The number of rotatable bonds is 1. The summed E-state index contributed by atoms with van der Waals surface area (Å²) in [5, 5.41) is 2.74. The van der Waals surface area contributed by atoms with Crippen LogP contribution in [0.1, 0.15) is 34.6 Å². The van der Waals surface area contributed by atoms with Crippen LogP contribution in [0.3, 0.4) is 0 Å². The van der Waals surface area contributed by atoms with Gasteiger partial charge in [0.15, 0.2) is 0 Å². The Hall–Kier alpha value is -0.970. The van der Waals surface area contributed by atoms with Crippen molar-refractivity contribution in [3.8, 4) is 0 Å². The van der Waals surface area contributed by atoms with Gasteiger partial charge in [-0.2, -0.15) is 0 Å². The van der Waals surface area contributed by atoms with Gasteiger partial charge in [0, 0.05) is 0 Å². The number of thioether (sulfide) groups is 1. The number of cyclic esters (lactones) is 1. The lowest BCUT2D eigenvalue weighted by Crippen LogP contribution is -2.40. The molecule has 2 aliphatic heterocycles. The molecular weight excluding hydrogens is 238 g/mol. The number of amides is 1. The summed E-state index contributed by atoms with van der Waals surface area (Å²) in [4.78, 5) is 22.9. The third-order valence-electron chi connectivity index (χ3n) is 3.45. The van der Waals surface area contributed by atoms with Crippen molar-refractivity contribution in [3.05, 3.63) is 11.1 Å². The maximum atomic E-state index is 12.0. The molecule has 0 saturated carbocycles. The molecule has 1 amide bonds. The van der Waals surface area contributed by atoms with Gasteiger partial charge in [0.05, 0.1) is 10.8 Å². The van der Waals surface area contributed by atoms with Crippen LogP contribution in [0.2, 0.25) is 0 Å². The number of carbonyl (C=O) groups excluding carboxylic acids is 2. The third-order valence-corrected chi connectivity index (χ3v) is 4.80. The Balaban J connectivity index is 2.45. The maximum absolute atomic E-state index is 12.0. The number of esters is 1. The monoisotopic (exact) mass is 255 g/mol. The first-order chi connectivity index (χ1) is 7.67. The highest BCUT2D eigenvalue weighted by molar-refractivity contribution is 8.02. The Bertz CT molecular complexity index is 441. The van der Waals surface area contributed by atoms with Gasteiger partial charge in [-0.25, -0.2) is 4.79 Å². The first kappa shape index (κ1) is 12.5. The average molecular weight is 255 g/mol. The summed E-state index contributed by atoms with van der Waals surface area (Å²) in [5.41, 5.74) is 0.907. The molecule has 0 aliphatic carbocycles. The molecule has 4 nitrogen and oxygen atoms in total. The zero-order valence-corrected chi connectivity index (χ0v) is 11.5. The van der Waals surface area contributed by atoms with Crippen LogP contribution in [-0.2, 0) is 14.3 Å². The maximum Gasteiger partial charge on any atom is 0.338 e. The molecule has 2 unspecified atom stereocenters. The predicted octanol–water partition coefficient (Wildman–Crippen LogP) is 1.61. The van der Waals surface area contributed by atoms with E-state index < -0.39 is 10.5 Å². The molecule has 0 aromatic rings. The molecular formula is C12H17NO3S. The van der Waals surface area contributed by atoms with Gasteiger partial charge in [-0.05, 0) is 40.2 Å². The quantitative estimate of drug-likeness (QED) is 0.723. The summed E-state index contributed by atoms with van der Waals surface area (Å²) in [7, 11) is 0. The minimum absolute atomic E-state index is 0.0321. The SMILES string of the molecule is CC1=C(C2(C)NC(=O)C(C)S2)C(=O)OC1(C)C. The second-order valence-electron chi connectivity index (χ2n) is 5.18. The van der Waals surface area contributed by atoms with Crippen LogP contribution in [0.4, 0.5) is 0 Å². The van der Waals surface area contributed by atoms with E-state index in [1.54, 1.807) is 0 Å². The third kappa shape index (κ3) is 1.76. The molecule has 0 radical (unpaired) electrons. The summed E-state index contributed by atoms with van der Waals surface area (Å²) in [6.45, 7) is 9.32. The lowest BCUT2D eigenvalue weighted by molar-refractivity contribution is -0.144. The van der Waals surface area contributed by atoms with Crippen molar-refractivity contribution in [2.75, 3.05) is 0 Å². The van der Waals surface area contributed by atoms with E-state index in [1.165, 1.54) is 11.8 Å². The molecule has 2 aliphatic rings. The van der Waals surface area contributed by atoms with Crippen LogP contribution in [0.25, 0.3) is 0 Å². The minimum Gasteiger partial charge on any atom is -0.452 e. The predicted molar refractivity (Wildman–Crippen MR) is 66.5 cm³/mol. The Labute approximate surface area is 105 Å². The van der Waals surface area contributed by atoms with E-state index in [4.69, 9.17) is 4.74 Å². The minimum atomic E-state index is -0.661. The summed E-state index contributed by atoms with van der Waals surface area (Å²) in [6.07, 6.45) is 0. The number of carbonyl (C=O) groups is 2. The highest BCUT2D eigenvalue weighted by Gasteiger charge is 2.51. The topological polar surface area (TPSA) is 55.4 Å². The molecule has 1 saturated heterocycles. The molecule has 2 rings (SSSR count). The van der Waals surface area contributed by atoms with Gasteiger partial charge in [-0.1, -0.05) is 0 Å². The molecule has 0 aromatic carbocycles. The van der Waals surface area contributed by atoms with E-state index >= 15 is 0 Å². The molecule has 17 heavy (non-hydrogen) atoms. The van der Waals surface area contributed by atoms with Gasteiger partial charge in [-0.3, -0.25) is 4.79 Å². The van der Waals surface area contributed by atoms with Crippen molar-refractivity contribution in [1.29, 1.82) is 0 Å². The van der Waals surface area contributed by atoms with E-state index in [1.807, 2.05) is 34.6 Å². The summed E-state index contributed by atoms with van der Waals surface area (Å²) in [6, 6.07) is 0. The molecule has 5 heteroatoms. The Kier molecular flexibility index (Phi) is 2.58. The van der Waals surface area contributed by atoms with Crippen molar-refractivity contribution >= 4 is 23.6 Å². The summed E-state index contributed by atoms with van der Waals surface area (Å²) >= 11 is 1.46. The van der Waals surface area contributed by atoms with Crippen molar-refractivity contribution in [1.82, 2.24) is 5.32 Å². The lowest BCUT2D eigenvalue weighted by atomic mass is 9.94.